The van der Waals surface area contributed by atoms with Gasteiger partial charge in [0.25, 0.3) is 5.91 Å². The molecule has 0 aliphatic heterocycles. The van der Waals surface area contributed by atoms with E-state index >= 15 is 0 Å². The molecule has 1 aliphatic rings. The number of amides is 1. The zero-order chi connectivity index (χ0) is 11.4. The maximum Gasteiger partial charge on any atom is 0.253 e. The molecule has 1 atom stereocenters. The molecule has 84 valence electrons. The number of nitrogens with zero attached hydrogens (tertiary/aromatic N) is 1. The predicted molar refractivity (Wildman–Crippen MR) is 66.2 cm³/mol. The average Bonchev–Trinajstić information content (AvgIpc) is 2.30. The molecule has 1 N–H and O–H groups in total. The summed E-state index contributed by atoms with van der Waals surface area (Å²) in [4.78, 5) is 15.8. The van der Waals surface area contributed by atoms with Gasteiger partial charge in [0.15, 0.2) is 0 Å². The van der Waals surface area contributed by atoms with Gasteiger partial charge in [-0.1, -0.05) is 12.2 Å². The number of rotatable bonds is 2. The maximum atomic E-state index is 11.9. The predicted octanol–water partition coefficient (Wildman–Crippen LogP) is 2.68. The lowest BCUT2D eigenvalue weighted by Crippen LogP contribution is -2.35. The van der Waals surface area contributed by atoms with E-state index in [1.54, 1.807) is 18.5 Å². The topological polar surface area (TPSA) is 42.0 Å². The van der Waals surface area contributed by atoms with Crippen molar-refractivity contribution in [1.82, 2.24) is 10.3 Å². The van der Waals surface area contributed by atoms with Crippen molar-refractivity contribution in [1.29, 1.82) is 0 Å². The van der Waals surface area contributed by atoms with E-state index in [0.29, 0.717) is 5.56 Å². The molecular weight excluding hydrogens is 268 g/mol. The minimum absolute atomic E-state index is 0.0471. The number of carbonyl (C=O) groups excluding carboxylic acids is 1. The summed E-state index contributed by atoms with van der Waals surface area (Å²) in [5.41, 5.74) is 0.601. The molecule has 0 saturated heterocycles. The zero-order valence-corrected chi connectivity index (χ0v) is 10.4. The van der Waals surface area contributed by atoms with Gasteiger partial charge in [-0.25, -0.2) is 0 Å². The van der Waals surface area contributed by atoms with Crippen molar-refractivity contribution in [3.05, 3.63) is 40.6 Å². The van der Waals surface area contributed by atoms with Gasteiger partial charge < -0.3 is 5.32 Å². The van der Waals surface area contributed by atoms with E-state index < -0.39 is 0 Å². The number of aromatic nitrogens is 1. The van der Waals surface area contributed by atoms with Crippen molar-refractivity contribution < 1.29 is 4.79 Å². The Morgan fingerprint density at radius 3 is 3.00 bits per heavy atom. The molecule has 16 heavy (non-hydrogen) atoms. The van der Waals surface area contributed by atoms with Crippen molar-refractivity contribution in [2.45, 2.75) is 25.3 Å². The fourth-order valence-electron chi connectivity index (χ4n) is 1.73. The Morgan fingerprint density at radius 2 is 2.31 bits per heavy atom. The molecule has 1 unspecified atom stereocenters. The van der Waals surface area contributed by atoms with Crippen molar-refractivity contribution in [3.63, 3.8) is 0 Å². The van der Waals surface area contributed by atoms with Crippen molar-refractivity contribution >= 4 is 21.8 Å². The molecular formula is C12H13BrN2O. The summed E-state index contributed by atoms with van der Waals surface area (Å²) in [6.45, 7) is 0. The lowest BCUT2D eigenvalue weighted by Gasteiger charge is -2.19. The molecule has 4 heteroatoms. The van der Waals surface area contributed by atoms with Crippen molar-refractivity contribution in [2.75, 3.05) is 0 Å². The molecule has 0 spiro atoms. The summed E-state index contributed by atoms with van der Waals surface area (Å²) in [6, 6.07) is 2.04. The van der Waals surface area contributed by atoms with Crippen LogP contribution in [0.3, 0.4) is 0 Å². The molecule has 1 amide bonds. The van der Waals surface area contributed by atoms with Gasteiger partial charge in [0.2, 0.25) is 0 Å². The first-order chi connectivity index (χ1) is 7.75. The molecule has 0 aromatic carbocycles. The Morgan fingerprint density at radius 1 is 1.44 bits per heavy atom. The molecule has 0 fully saturated rings. The van der Waals surface area contributed by atoms with Crippen LogP contribution in [0, 0.1) is 0 Å². The van der Waals surface area contributed by atoms with Crippen LogP contribution in [-0.2, 0) is 0 Å². The summed E-state index contributed by atoms with van der Waals surface area (Å²) in [6.07, 6.45) is 10.5. The second kappa shape index (κ2) is 5.25. The highest BCUT2D eigenvalue weighted by molar-refractivity contribution is 9.10. The summed E-state index contributed by atoms with van der Waals surface area (Å²) in [5, 5.41) is 3.01. The Bertz CT molecular complexity index is 417. The van der Waals surface area contributed by atoms with E-state index in [0.717, 1.165) is 23.7 Å². The quantitative estimate of drug-likeness (QED) is 0.847. The van der Waals surface area contributed by atoms with Crippen LogP contribution in [0.4, 0.5) is 0 Å². The van der Waals surface area contributed by atoms with E-state index in [4.69, 9.17) is 0 Å². The largest absolute Gasteiger partial charge is 0.349 e. The summed E-state index contributed by atoms with van der Waals surface area (Å²) >= 11 is 3.30. The number of allylic oxidation sites excluding steroid dienone is 1. The monoisotopic (exact) mass is 280 g/mol. The van der Waals surface area contributed by atoms with E-state index in [2.05, 4.69) is 38.4 Å². The fraction of sp³-hybridized carbons (Fsp3) is 0.333. The van der Waals surface area contributed by atoms with Crippen LogP contribution in [0.5, 0.6) is 0 Å². The first-order valence-corrected chi connectivity index (χ1v) is 6.11. The van der Waals surface area contributed by atoms with Gasteiger partial charge in [-0.15, -0.1) is 0 Å². The van der Waals surface area contributed by atoms with Crippen LogP contribution in [0.15, 0.2) is 35.1 Å². The number of hydrogen-bond acceptors (Lipinski definition) is 2. The lowest BCUT2D eigenvalue weighted by molar-refractivity contribution is 0.0934. The molecule has 3 nitrogen and oxygen atoms in total. The molecule has 1 heterocycles. The van der Waals surface area contributed by atoms with Crippen molar-refractivity contribution in [3.8, 4) is 0 Å². The smallest absolute Gasteiger partial charge is 0.253 e. The minimum Gasteiger partial charge on any atom is -0.349 e. The van der Waals surface area contributed by atoms with Gasteiger partial charge in [-0.05, 0) is 41.3 Å². The highest BCUT2D eigenvalue weighted by Gasteiger charge is 2.14. The van der Waals surface area contributed by atoms with E-state index in [1.807, 2.05) is 0 Å². The zero-order valence-electron chi connectivity index (χ0n) is 8.82. The van der Waals surface area contributed by atoms with Crippen LogP contribution < -0.4 is 5.32 Å². The second-order valence-electron chi connectivity index (χ2n) is 3.85. The third-order valence-electron chi connectivity index (χ3n) is 2.57. The molecule has 2 rings (SSSR count). The minimum atomic E-state index is -0.0471. The van der Waals surface area contributed by atoms with Gasteiger partial charge in [0.1, 0.15) is 0 Å². The third kappa shape index (κ3) is 2.92. The highest BCUT2D eigenvalue weighted by Crippen LogP contribution is 2.13. The second-order valence-corrected chi connectivity index (χ2v) is 4.76. The van der Waals surface area contributed by atoms with Crippen LogP contribution in [-0.4, -0.2) is 16.9 Å². The van der Waals surface area contributed by atoms with Crippen LogP contribution in [0.1, 0.15) is 29.6 Å². The number of pyridine rings is 1. The summed E-state index contributed by atoms with van der Waals surface area (Å²) in [7, 11) is 0. The molecule has 1 aliphatic carbocycles. The van der Waals surface area contributed by atoms with Gasteiger partial charge >= 0.3 is 0 Å². The van der Waals surface area contributed by atoms with Gasteiger partial charge in [0.05, 0.1) is 5.56 Å². The van der Waals surface area contributed by atoms with E-state index in [-0.39, 0.29) is 11.9 Å². The fourth-order valence-corrected chi connectivity index (χ4v) is 2.09. The molecule has 1 aromatic rings. The van der Waals surface area contributed by atoms with Gasteiger partial charge in [-0.2, -0.15) is 0 Å². The molecule has 0 radical (unpaired) electrons. The summed E-state index contributed by atoms with van der Waals surface area (Å²) < 4.78 is 0.823. The Balaban J connectivity index is 2.00. The van der Waals surface area contributed by atoms with Gasteiger partial charge in [-0.3, -0.25) is 9.78 Å². The summed E-state index contributed by atoms with van der Waals surface area (Å²) in [5.74, 6) is -0.0471. The SMILES string of the molecule is O=C(NC1CC=CCC1)c1cncc(Br)c1. The first-order valence-electron chi connectivity index (χ1n) is 5.32. The number of hydrogen-bond donors (Lipinski definition) is 1. The van der Waals surface area contributed by atoms with Crippen molar-refractivity contribution in [2.24, 2.45) is 0 Å². The van der Waals surface area contributed by atoms with E-state index in [9.17, 15) is 4.79 Å². The number of nitrogens with one attached hydrogen (secondary N) is 1. The standard InChI is InChI=1S/C12H13BrN2O/c13-10-6-9(7-14-8-10)12(16)15-11-4-2-1-3-5-11/h1-2,6-8,11H,3-5H2,(H,15,16). The number of halogens is 1. The molecule has 0 bridgehead atoms. The maximum absolute atomic E-state index is 11.9. The third-order valence-corrected chi connectivity index (χ3v) is 3.01. The van der Waals surface area contributed by atoms with Crippen LogP contribution >= 0.6 is 15.9 Å². The molecule has 1 aromatic heterocycles. The van der Waals surface area contributed by atoms with Crippen LogP contribution in [0.2, 0.25) is 0 Å². The Hall–Kier alpha value is -1.16. The Labute approximate surface area is 103 Å². The normalized spacial score (nSPS) is 19.4. The number of carbonyl (C=O) groups is 1. The first kappa shape index (κ1) is 11.3. The Kier molecular flexibility index (Phi) is 3.72. The van der Waals surface area contributed by atoms with E-state index in [1.165, 1.54) is 0 Å². The molecule has 0 saturated carbocycles. The highest BCUT2D eigenvalue weighted by atomic mass is 79.9. The van der Waals surface area contributed by atoms with Gasteiger partial charge in [0, 0.05) is 22.9 Å². The average molecular weight is 281 g/mol. The lowest BCUT2D eigenvalue weighted by atomic mass is 10.0. The van der Waals surface area contributed by atoms with Crippen LogP contribution in [0.25, 0.3) is 0 Å².